The maximum absolute atomic E-state index is 12.7. The molecule has 2 aromatic heterocycles. The summed E-state index contributed by atoms with van der Waals surface area (Å²) in [5, 5.41) is 15.3. The number of oxazole rings is 1. The fraction of sp³-hybridized carbons (Fsp3) is 0.333. The molecular weight excluding hydrogens is 466 g/mol. The molecule has 3 N–H and O–H groups in total. The first-order valence-electron chi connectivity index (χ1n) is 12.6. The van der Waals surface area contributed by atoms with Crippen molar-refractivity contribution in [3.8, 4) is 17.2 Å². The van der Waals surface area contributed by atoms with Crippen LogP contribution < -0.4 is 20.7 Å². The van der Waals surface area contributed by atoms with Crippen LogP contribution in [0, 0.1) is 5.92 Å². The van der Waals surface area contributed by atoms with Crippen LogP contribution in [-0.4, -0.2) is 66.0 Å². The van der Waals surface area contributed by atoms with Crippen molar-refractivity contribution >= 4 is 34.9 Å². The number of para-hydroxylation sites is 1. The molecule has 36 heavy (non-hydrogen) atoms. The van der Waals surface area contributed by atoms with Crippen LogP contribution in [0.1, 0.15) is 33.2 Å². The van der Waals surface area contributed by atoms with E-state index in [4.69, 9.17) is 13.3 Å². The molecule has 1 aliphatic rings. The number of methoxy groups -OCH3 is 1. The minimum atomic E-state index is -2.76. The van der Waals surface area contributed by atoms with Crippen molar-refractivity contribution in [2.24, 2.45) is 5.92 Å². The molecule has 0 unspecified atom stereocenters. The van der Waals surface area contributed by atoms with E-state index in [-0.39, 0.29) is 53.0 Å². The number of anilines is 3. The Morgan fingerprint density at radius 2 is 2.03 bits per heavy atom. The van der Waals surface area contributed by atoms with Crippen molar-refractivity contribution in [2.75, 3.05) is 38.8 Å². The Kier molecular flexibility index (Phi) is 6.04. The van der Waals surface area contributed by atoms with Crippen LogP contribution in [0.2, 0.25) is 0 Å². The fourth-order valence-corrected chi connectivity index (χ4v) is 3.34. The van der Waals surface area contributed by atoms with E-state index in [9.17, 15) is 14.4 Å². The summed E-state index contributed by atoms with van der Waals surface area (Å²) in [5.74, 6) is -0.546. The standard InChI is InChI=1S/C24H27N7O5/c1-25-23(34)20-17(11-18(29-30-20)28-22(33)13-8-9-13)27-16-7-5-6-15(21(16)35-4)24-26-12-14(36-24)10-19(32)31(2)3/h5-7,11-13H,8-10H2,1-4H3,(H,25,34)(H2,27,28,29,33)/i1D3. The van der Waals surface area contributed by atoms with E-state index in [2.05, 4.69) is 25.8 Å². The zero-order valence-corrected chi connectivity index (χ0v) is 19.9. The largest absolute Gasteiger partial charge is 0.494 e. The van der Waals surface area contributed by atoms with Gasteiger partial charge in [0.25, 0.3) is 5.91 Å². The number of hydrogen-bond donors (Lipinski definition) is 3. The summed E-state index contributed by atoms with van der Waals surface area (Å²) in [6.45, 7) is -2.76. The topological polar surface area (TPSA) is 152 Å². The predicted molar refractivity (Wildman–Crippen MR) is 131 cm³/mol. The summed E-state index contributed by atoms with van der Waals surface area (Å²) in [4.78, 5) is 42.7. The zero-order chi connectivity index (χ0) is 28.3. The van der Waals surface area contributed by atoms with Crippen LogP contribution in [-0.2, 0) is 16.0 Å². The van der Waals surface area contributed by atoms with Gasteiger partial charge in [0.05, 0.1) is 36.7 Å². The van der Waals surface area contributed by atoms with Gasteiger partial charge >= 0.3 is 0 Å². The maximum Gasteiger partial charge on any atom is 0.273 e. The molecule has 12 nitrogen and oxygen atoms in total. The predicted octanol–water partition coefficient (Wildman–Crippen LogP) is 2.22. The van der Waals surface area contributed by atoms with E-state index in [0.29, 0.717) is 17.0 Å². The molecule has 0 atom stereocenters. The Labute approximate surface area is 211 Å². The SMILES string of the molecule is [2H]C([2H])([2H])NC(=O)c1nnc(NC(=O)C2CC2)cc1Nc1cccc(-c2ncc(CC(=O)N(C)C)o2)c1OC. The first kappa shape index (κ1) is 20.9. The number of ether oxygens (including phenoxy) is 1. The van der Waals surface area contributed by atoms with Gasteiger partial charge in [-0.2, -0.15) is 0 Å². The van der Waals surface area contributed by atoms with E-state index in [0.717, 1.165) is 12.8 Å². The average Bonchev–Trinajstić information content (AvgIpc) is 3.62. The molecule has 0 spiro atoms. The molecule has 0 radical (unpaired) electrons. The van der Waals surface area contributed by atoms with E-state index < -0.39 is 12.9 Å². The molecule has 1 aromatic carbocycles. The molecule has 3 amide bonds. The average molecular weight is 497 g/mol. The summed E-state index contributed by atoms with van der Waals surface area (Å²) in [7, 11) is 4.71. The van der Waals surface area contributed by atoms with Gasteiger partial charge in [-0.25, -0.2) is 4.98 Å². The van der Waals surface area contributed by atoms with Crippen molar-refractivity contribution in [3.63, 3.8) is 0 Å². The molecule has 3 aromatic rings. The minimum absolute atomic E-state index is 0.0280. The number of hydrogen-bond acceptors (Lipinski definition) is 9. The summed E-state index contributed by atoms with van der Waals surface area (Å²) in [5.41, 5.74) is 0.555. The second-order valence-electron chi connectivity index (χ2n) is 8.32. The Morgan fingerprint density at radius 3 is 2.72 bits per heavy atom. The Morgan fingerprint density at radius 1 is 1.22 bits per heavy atom. The number of likely N-dealkylation sites (N-methyl/N-ethyl adjacent to an activating group) is 1. The lowest BCUT2D eigenvalue weighted by molar-refractivity contribution is -0.128. The Hall–Kier alpha value is -4.48. The van der Waals surface area contributed by atoms with Crippen LogP contribution in [0.25, 0.3) is 11.5 Å². The first-order valence-corrected chi connectivity index (χ1v) is 11.1. The number of benzene rings is 1. The lowest BCUT2D eigenvalue weighted by atomic mass is 10.1. The summed E-state index contributed by atoms with van der Waals surface area (Å²) in [6, 6.07) is 6.41. The molecule has 1 fully saturated rings. The molecule has 188 valence electrons. The monoisotopic (exact) mass is 496 g/mol. The van der Waals surface area contributed by atoms with Crippen molar-refractivity contribution in [1.29, 1.82) is 0 Å². The molecule has 1 aliphatic carbocycles. The number of nitrogens with one attached hydrogen (secondary N) is 3. The van der Waals surface area contributed by atoms with Gasteiger partial charge in [0.2, 0.25) is 17.7 Å². The van der Waals surface area contributed by atoms with Gasteiger partial charge < -0.3 is 30.0 Å². The summed E-state index contributed by atoms with van der Waals surface area (Å²) >= 11 is 0. The van der Waals surface area contributed by atoms with Crippen molar-refractivity contribution in [3.05, 3.63) is 41.9 Å². The molecule has 0 saturated heterocycles. The van der Waals surface area contributed by atoms with E-state index in [1.54, 1.807) is 32.3 Å². The van der Waals surface area contributed by atoms with Crippen LogP contribution in [0.4, 0.5) is 17.2 Å². The van der Waals surface area contributed by atoms with Gasteiger partial charge in [-0.15, -0.1) is 10.2 Å². The molecule has 0 aliphatic heterocycles. The van der Waals surface area contributed by atoms with Crippen LogP contribution in [0.15, 0.2) is 34.9 Å². The van der Waals surface area contributed by atoms with Gasteiger partial charge in [0, 0.05) is 37.2 Å². The van der Waals surface area contributed by atoms with Gasteiger partial charge in [0.15, 0.2) is 17.3 Å². The van der Waals surface area contributed by atoms with Crippen molar-refractivity contribution in [2.45, 2.75) is 19.3 Å². The Bertz CT molecular complexity index is 1400. The molecular formula is C24H27N7O5. The van der Waals surface area contributed by atoms with Gasteiger partial charge in [-0.3, -0.25) is 14.4 Å². The highest BCUT2D eigenvalue weighted by Gasteiger charge is 2.30. The normalized spacial score (nSPS) is 14.1. The number of rotatable bonds is 9. The second kappa shape index (κ2) is 10.4. The second-order valence-corrected chi connectivity index (χ2v) is 8.32. The van der Waals surface area contributed by atoms with E-state index >= 15 is 0 Å². The van der Waals surface area contributed by atoms with Gasteiger partial charge in [-0.1, -0.05) is 6.07 Å². The number of aromatic nitrogens is 3. The number of nitrogens with zero attached hydrogens (tertiary/aromatic N) is 4. The van der Waals surface area contributed by atoms with Crippen LogP contribution in [0.5, 0.6) is 5.75 Å². The van der Waals surface area contributed by atoms with Crippen molar-refractivity contribution in [1.82, 2.24) is 25.4 Å². The molecule has 1 saturated carbocycles. The van der Waals surface area contributed by atoms with Crippen LogP contribution in [0.3, 0.4) is 0 Å². The third kappa shape index (κ3) is 5.43. The van der Waals surface area contributed by atoms with Crippen molar-refractivity contribution < 1.29 is 27.6 Å². The minimum Gasteiger partial charge on any atom is -0.494 e. The van der Waals surface area contributed by atoms with Crippen LogP contribution >= 0.6 is 0 Å². The highest BCUT2D eigenvalue weighted by Crippen LogP contribution is 2.38. The van der Waals surface area contributed by atoms with E-state index in [1.807, 2.05) is 5.32 Å². The molecule has 2 heterocycles. The lowest BCUT2D eigenvalue weighted by Gasteiger charge is -2.16. The molecule has 0 bridgehead atoms. The molecule has 4 rings (SSSR count). The quantitative estimate of drug-likeness (QED) is 0.405. The van der Waals surface area contributed by atoms with Gasteiger partial charge in [0.1, 0.15) is 5.76 Å². The molecule has 12 heteroatoms. The highest BCUT2D eigenvalue weighted by molar-refractivity contribution is 6.00. The van der Waals surface area contributed by atoms with Gasteiger partial charge in [-0.05, 0) is 25.0 Å². The fourth-order valence-electron chi connectivity index (χ4n) is 3.34. The third-order valence-electron chi connectivity index (χ3n) is 5.42. The number of amides is 3. The lowest BCUT2D eigenvalue weighted by Crippen LogP contribution is -2.23. The maximum atomic E-state index is 12.7. The smallest absolute Gasteiger partial charge is 0.273 e. The summed E-state index contributed by atoms with van der Waals surface area (Å²) in [6.07, 6.45) is 3.04. The number of carbonyl (C=O) groups is 3. The highest BCUT2D eigenvalue weighted by atomic mass is 16.5. The third-order valence-corrected chi connectivity index (χ3v) is 5.42. The number of carbonyl (C=O) groups excluding carboxylic acids is 3. The zero-order valence-electron chi connectivity index (χ0n) is 22.9. The van der Waals surface area contributed by atoms with E-state index in [1.165, 1.54) is 24.3 Å². The summed E-state index contributed by atoms with van der Waals surface area (Å²) < 4.78 is 33.5. The first-order chi connectivity index (χ1) is 18.4. The Balaban J connectivity index is 1.68.